The molecular formula is C24H24ClN3O2. The number of nitrogens with one attached hydrogen (secondary N) is 3. The second kappa shape index (κ2) is 7.58. The van der Waals surface area contributed by atoms with Crippen molar-refractivity contribution >= 4 is 45.1 Å². The molecule has 154 valence electrons. The van der Waals surface area contributed by atoms with Gasteiger partial charge in [0.15, 0.2) is 0 Å². The normalized spacial score (nSPS) is 11.6. The van der Waals surface area contributed by atoms with Gasteiger partial charge < -0.3 is 9.72 Å². The van der Waals surface area contributed by atoms with Gasteiger partial charge in [0, 0.05) is 38.2 Å². The summed E-state index contributed by atoms with van der Waals surface area (Å²) in [6.45, 7) is 6.52. The molecule has 0 atom stereocenters. The van der Waals surface area contributed by atoms with Crippen LogP contribution in [0.3, 0.4) is 0 Å². The molecule has 1 amide bonds. The third kappa shape index (κ3) is 3.57. The van der Waals surface area contributed by atoms with E-state index in [1.807, 2.05) is 42.5 Å². The van der Waals surface area contributed by atoms with Crippen LogP contribution in [0, 0.1) is 0 Å². The molecule has 4 aromatic rings. The van der Waals surface area contributed by atoms with Crippen LogP contribution in [0.4, 0.5) is 10.5 Å². The monoisotopic (exact) mass is 421 g/mol. The van der Waals surface area contributed by atoms with Gasteiger partial charge in [0.1, 0.15) is 0 Å². The van der Waals surface area contributed by atoms with Crippen molar-refractivity contribution in [3.63, 3.8) is 0 Å². The zero-order valence-corrected chi connectivity index (χ0v) is 18.1. The van der Waals surface area contributed by atoms with Crippen molar-refractivity contribution in [2.45, 2.75) is 26.2 Å². The highest BCUT2D eigenvalue weighted by atomic mass is 35.5. The number of fused-ring (bicyclic) bond motifs is 2. The van der Waals surface area contributed by atoms with Crippen LogP contribution in [0.5, 0.6) is 0 Å². The summed E-state index contributed by atoms with van der Waals surface area (Å²) < 4.78 is 4.72. The standard InChI is InChI=1S/C24H24ClN3O2/c1-24(2,3)22-21(17-13-15(25)10-12-18(17)26-22)20-16-8-6-5-7-14(16)9-11-19(20)27-28-23(29)30-4/h5-13,26-27H,1-4H3,(H,28,29). The van der Waals surface area contributed by atoms with Crippen LogP contribution in [0.15, 0.2) is 54.6 Å². The van der Waals surface area contributed by atoms with Crippen molar-refractivity contribution in [2.24, 2.45) is 0 Å². The Bertz CT molecular complexity index is 1250. The van der Waals surface area contributed by atoms with Gasteiger partial charge in [-0.2, -0.15) is 0 Å². The Hall–Kier alpha value is -3.18. The summed E-state index contributed by atoms with van der Waals surface area (Å²) in [6, 6.07) is 18.1. The van der Waals surface area contributed by atoms with Crippen LogP contribution >= 0.6 is 11.6 Å². The second-order valence-corrected chi connectivity index (χ2v) is 8.70. The second-order valence-electron chi connectivity index (χ2n) is 8.27. The Morgan fingerprint density at radius 3 is 2.50 bits per heavy atom. The molecule has 4 rings (SSSR count). The third-order valence-electron chi connectivity index (χ3n) is 5.17. The molecular weight excluding hydrogens is 398 g/mol. The fourth-order valence-electron chi connectivity index (χ4n) is 3.80. The van der Waals surface area contributed by atoms with Gasteiger partial charge in [-0.15, -0.1) is 0 Å². The molecule has 3 N–H and O–H groups in total. The minimum atomic E-state index is -0.563. The van der Waals surface area contributed by atoms with E-state index in [0.717, 1.165) is 44.2 Å². The van der Waals surface area contributed by atoms with Gasteiger partial charge >= 0.3 is 6.09 Å². The van der Waals surface area contributed by atoms with E-state index in [9.17, 15) is 4.79 Å². The van der Waals surface area contributed by atoms with E-state index < -0.39 is 6.09 Å². The zero-order valence-electron chi connectivity index (χ0n) is 17.4. The predicted molar refractivity (Wildman–Crippen MR) is 124 cm³/mol. The van der Waals surface area contributed by atoms with E-state index in [1.165, 1.54) is 7.11 Å². The summed E-state index contributed by atoms with van der Waals surface area (Å²) in [7, 11) is 1.33. The molecule has 5 nitrogen and oxygen atoms in total. The molecule has 0 aliphatic heterocycles. The number of hydrazine groups is 1. The van der Waals surface area contributed by atoms with Crippen LogP contribution in [0.1, 0.15) is 26.5 Å². The van der Waals surface area contributed by atoms with Crippen molar-refractivity contribution < 1.29 is 9.53 Å². The maximum absolute atomic E-state index is 11.7. The number of hydrogen-bond donors (Lipinski definition) is 3. The maximum Gasteiger partial charge on any atom is 0.425 e. The van der Waals surface area contributed by atoms with Crippen molar-refractivity contribution in [1.29, 1.82) is 0 Å². The SMILES string of the molecule is COC(=O)NNc1ccc2ccccc2c1-c1c(C(C)(C)C)[nH]c2ccc(Cl)cc12. The lowest BCUT2D eigenvalue weighted by Gasteiger charge is -2.22. The highest BCUT2D eigenvalue weighted by Crippen LogP contribution is 2.45. The fourth-order valence-corrected chi connectivity index (χ4v) is 3.97. The average Bonchev–Trinajstić information content (AvgIpc) is 3.10. The number of halogens is 1. The Morgan fingerprint density at radius 1 is 1.00 bits per heavy atom. The molecule has 0 saturated heterocycles. The zero-order chi connectivity index (χ0) is 21.5. The van der Waals surface area contributed by atoms with Crippen LogP contribution in [-0.4, -0.2) is 18.2 Å². The van der Waals surface area contributed by atoms with Gasteiger partial charge in [-0.05, 0) is 35.0 Å². The number of carbonyl (C=O) groups excluding carboxylic acids is 1. The van der Waals surface area contributed by atoms with Gasteiger partial charge in [0.05, 0.1) is 12.8 Å². The summed E-state index contributed by atoms with van der Waals surface area (Å²) in [5, 5.41) is 3.88. The molecule has 0 aliphatic carbocycles. The molecule has 1 aromatic heterocycles. The molecule has 0 radical (unpaired) electrons. The largest absolute Gasteiger partial charge is 0.452 e. The van der Waals surface area contributed by atoms with Crippen LogP contribution < -0.4 is 10.9 Å². The van der Waals surface area contributed by atoms with E-state index in [0.29, 0.717) is 5.02 Å². The fraction of sp³-hybridized carbons (Fsp3) is 0.208. The first-order valence-corrected chi connectivity index (χ1v) is 10.1. The summed E-state index contributed by atoms with van der Waals surface area (Å²) in [5.41, 5.74) is 10.4. The number of anilines is 1. The first kappa shape index (κ1) is 20.1. The number of hydrogen-bond acceptors (Lipinski definition) is 3. The van der Waals surface area contributed by atoms with Crippen molar-refractivity contribution in [3.8, 4) is 11.1 Å². The Morgan fingerprint density at radius 2 is 1.77 bits per heavy atom. The average molecular weight is 422 g/mol. The lowest BCUT2D eigenvalue weighted by molar-refractivity contribution is 0.173. The predicted octanol–water partition coefficient (Wildman–Crippen LogP) is 6.62. The Kier molecular flexibility index (Phi) is 5.08. The summed E-state index contributed by atoms with van der Waals surface area (Å²) in [4.78, 5) is 15.3. The maximum atomic E-state index is 11.7. The van der Waals surface area contributed by atoms with E-state index in [1.54, 1.807) is 0 Å². The number of ether oxygens (including phenoxy) is 1. The van der Waals surface area contributed by atoms with E-state index in [-0.39, 0.29) is 5.41 Å². The number of benzene rings is 3. The number of rotatable bonds is 3. The van der Waals surface area contributed by atoms with Gasteiger partial charge in [0.2, 0.25) is 0 Å². The number of H-pyrrole nitrogens is 1. The van der Waals surface area contributed by atoms with Crippen molar-refractivity contribution in [1.82, 2.24) is 10.4 Å². The van der Waals surface area contributed by atoms with Crippen LogP contribution in [0.2, 0.25) is 5.02 Å². The molecule has 0 aliphatic rings. The topological polar surface area (TPSA) is 66.2 Å². The summed E-state index contributed by atoms with van der Waals surface area (Å²) in [6.07, 6.45) is -0.563. The first-order chi connectivity index (χ1) is 14.3. The molecule has 0 spiro atoms. The molecule has 30 heavy (non-hydrogen) atoms. The smallest absolute Gasteiger partial charge is 0.425 e. The molecule has 1 heterocycles. The van der Waals surface area contributed by atoms with Crippen LogP contribution in [0.25, 0.3) is 32.8 Å². The lowest BCUT2D eigenvalue weighted by atomic mass is 9.84. The Labute approximate surface area is 180 Å². The highest BCUT2D eigenvalue weighted by molar-refractivity contribution is 6.31. The number of methoxy groups -OCH3 is 1. The van der Waals surface area contributed by atoms with Crippen molar-refractivity contribution in [2.75, 3.05) is 12.5 Å². The first-order valence-electron chi connectivity index (χ1n) is 9.73. The summed E-state index contributed by atoms with van der Waals surface area (Å²) >= 11 is 6.38. The van der Waals surface area contributed by atoms with Gasteiger partial charge in [0.25, 0.3) is 0 Å². The molecule has 0 bridgehead atoms. The highest BCUT2D eigenvalue weighted by Gasteiger charge is 2.26. The van der Waals surface area contributed by atoms with E-state index >= 15 is 0 Å². The lowest BCUT2D eigenvalue weighted by Crippen LogP contribution is -2.29. The van der Waals surface area contributed by atoms with Crippen LogP contribution in [-0.2, 0) is 10.2 Å². The molecule has 3 aromatic carbocycles. The number of carbonyl (C=O) groups is 1. The van der Waals surface area contributed by atoms with E-state index in [4.69, 9.17) is 16.3 Å². The number of aromatic nitrogens is 1. The number of aromatic amines is 1. The van der Waals surface area contributed by atoms with E-state index in [2.05, 4.69) is 48.7 Å². The van der Waals surface area contributed by atoms with Gasteiger partial charge in [-0.25, -0.2) is 10.2 Å². The van der Waals surface area contributed by atoms with Gasteiger partial charge in [-0.1, -0.05) is 62.7 Å². The molecule has 0 fully saturated rings. The quantitative estimate of drug-likeness (QED) is 0.325. The molecule has 0 saturated carbocycles. The van der Waals surface area contributed by atoms with Gasteiger partial charge in [-0.3, -0.25) is 5.43 Å². The number of amides is 1. The third-order valence-corrected chi connectivity index (χ3v) is 5.41. The Balaban J connectivity index is 2.08. The molecule has 0 unspecified atom stereocenters. The molecule has 6 heteroatoms. The minimum Gasteiger partial charge on any atom is -0.452 e. The minimum absolute atomic E-state index is 0.148. The summed E-state index contributed by atoms with van der Waals surface area (Å²) in [5.74, 6) is 0. The van der Waals surface area contributed by atoms with Crippen molar-refractivity contribution in [3.05, 3.63) is 65.3 Å².